The van der Waals surface area contributed by atoms with Gasteiger partial charge in [0.05, 0.1) is 12.6 Å². The minimum absolute atomic E-state index is 0.0815. The van der Waals surface area contributed by atoms with Gasteiger partial charge in [-0.15, -0.1) is 0 Å². The summed E-state index contributed by atoms with van der Waals surface area (Å²) in [6.07, 6.45) is -1.70. The molecule has 3 rings (SSSR count). The molecule has 3 unspecified atom stereocenters. The summed E-state index contributed by atoms with van der Waals surface area (Å²) in [6.45, 7) is -0.340. The van der Waals surface area contributed by atoms with Gasteiger partial charge in [0.2, 0.25) is 0 Å². The fourth-order valence-corrected chi connectivity index (χ4v) is 3.88. The first-order valence-electron chi connectivity index (χ1n) is 9.68. The number of alkyl halides is 3. The second-order valence-corrected chi connectivity index (χ2v) is 7.65. The number of hydrogen-bond donors (Lipinski definition) is 3. The van der Waals surface area contributed by atoms with Gasteiger partial charge in [-0.3, -0.25) is 4.90 Å². The van der Waals surface area contributed by atoms with Crippen molar-refractivity contribution in [3.63, 3.8) is 0 Å². The Morgan fingerprint density at radius 2 is 2.03 bits per heavy atom. The molecule has 174 valence electrons. The molecule has 12 heteroatoms. The quantitative estimate of drug-likeness (QED) is 0.351. The van der Waals surface area contributed by atoms with Crippen molar-refractivity contribution in [2.75, 3.05) is 26.7 Å². The Balaban J connectivity index is 0.000000357. The summed E-state index contributed by atoms with van der Waals surface area (Å²) in [4.78, 5) is 21.4. The molecule has 0 spiro atoms. The number of piperidine rings is 1. The first-order valence-corrected chi connectivity index (χ1v) is 10.1. The molecule has 0 radical (unpaired) electrons. The van der Waals surface area contributed by atoms with Gasteiger partial charge in [-0.1, -0.05) is 24.1 Å². The van der Waals surface area contributed by atoms with Crippen LogP contribution in [0.1, 0.15) is 30.9 Å². The fourth-order valence-electron chi connectivity index (χ4n) is 3.71. The molecule has 0 saturated carbocycles. The number of benzene rings is 1. The van der Waals surface area contributed by atoms with Crippen LogP contribution in [-0.2, 0) is 4.79 Å². The molecule has 6 nitrogen and oxygen atoms in total. The van der Waals surface area contributed by atoms with E-state index in [2.05, 4.69) is 16.0 Å². The van der Waals surface area contributed by atoms with E-state index in [0.29, 0.717) is 32.2 Å². The van der Waals surface area contributed by atoms with Crippen LogP contribution in [0.4, 0.5) is 26.7 Å². The number of likely N-dealkylation sites (tertiary alicyclic amines) is 1. The van der Waals surface area contributed by atoms with E-state index in [0.717, 1.165) is 12.5 Å². The van der Waals surface area contributed by atoms with Gasteiger partial charge in [-0.2, -0.15) is 13.2 Å². The highest BCUT2D eigenvalue weighted by Gasteiger charge is 2.38. The Bertz CT molecular complexity index is 780. The molecule has 0 aliphatic carbocycles. The first-order chi connectivity index (χ1) is 14.6. The molecular weight excluding hydrogens is 447 g/mol. The van der Waals surface area contributed by atoms with Crippen LogP contribution in [0.2, 0.25) is 5.02 Å². The lowest BCUT2D eigenvalue weighted by atomic mass is 9.90. The van der Waals surface area contributed by atoms with Gasteiger partial charge < -0.3 is 20.7 Å². The largest absolute Gasteiger partial charge is 0.401 e. The van der Waals surface area contributed by atoms with Crippen molar-refractivity contribution in [3.05, 3.63) is 34.4 Å². The van der Waals surface area contributed by atoms with Crippen LogP contribution in [0, 0.1) is 11.6 Å². The highest BCUT2D eigenvalue weighted by molar-refractivity contribution is 6.30. The third kappa shape index (κ3) is 7.01. The zero-order chi connectivity index (χ0) is 23.2. The van der Waals surface area contributed by atoms with Crippen LogP contribution in [0.15, 0.2) is 12.1 Å². The van der Waals surface area contributed by atoms with Crippen molar-refractivity contribution >= 4 is 23.9 Å². The van der Waals surface area contributed by atoms with E-state index in [1.807, 2.05) is 0 Å². The van der Waals surface area contributed by atoms with E-state index in [4.69, 9.17) is 11.6 Å². The summed E-state index contributed by atoms with van der Waals surface area (Å²) in [5, 5.41) is 7.05. The number of carbonyl (C=O) groups excluding carboxylic acids is 2. The van der Waals surface area contributed by atoms with E-state index in [1.165, 1.54) is 11.0 Å². The Hall–Kier alpha value is -1.98. The number of aldehydes is 1. The number of carbonyl (C=O) groups is 2. The zero-order valence-electron chi connectivity index (χ0n) is 16.7. The van der Waals surface area contributed by atoms with Crippen molar-refractivity contribution in [1.82, 2.24) is 20.9 Å². The number of urea groups is 1. The van der Waals surface area contributed by atoms with E-state index in [1.54, 1.807) is 7.05 Å². The SMILES string of the molecule is CNC(c1ccc(F)c(Cl)c1F)C1CCCCN1CC(F)(F)F.O=CC1CNC(=O)N1. The number of likely N-dealkylation sites (N-methyl/N-ethyl adjacent to an activating group) is 1. The summed E-state index contributed by atoms with van der Waals surface area (Å²) in [7, 11) is 1.54. The molecule has 2 fully saturated rings. The van der Waals surface area contributed by atoms with E-state index in [9.17, 15) is 31.5 Å². The van der Waals surface area contributed by atoms with Gasteiger partial charge in [0, 0.05) is 18.2 Å². The number of amides is 2. The van der Waals surface area contributed by atoms with Gasteiger partial charge in [-0.05, 0) is 32.5 Å². The minimum Gasteiger partial charge on any atom is -0.336 e. The normalized spacial score (nSPS) is 22.7. The molecule has 1 aromatic carbocycles. The minimum atomic E-state index is -4.33. The van der Waals surface area contributed by atoms with Crippen molar-refractivity contribution in [3.8, 4) is 0 Å². The van der Waals surface area contributed by atoms with Gasteiger partial charge in [-0.25, -0.2) is 13.6 Å². The predicted molar refractivity (Wildman–Crippen MR) is 105 cm³/mol. The second kappa shape index (κ2) is 11.1. The fraction of sp³-hybridized carbons (Fsp3) is 0.579. The highest BCUT2D eigenvalue weighted by atomic mass is 35.5. The zero-order valence-corrected chi connectivity index (χ0v) is 17.5. The summed E-state index contributed by atoms with van der Waals surface area (Å²) in [6, 6.07) is 0.451. The molecule has 3 atom stereocenters. The lowest BCUT2D eigenvalue weighted by Gasteiger charge is -2.41. The number of halogens is 6. The van der Waals surface area contributed by atoms with Crippen LogP contribution >= 0.6 is 11.6 Å². The maximum atomic E-state index is 14.3. The average molecular weight is 471 g/mol. The molecule has 2 amide bonds. The van der Waals surface area contributed by atoms with E-state index < -0.39 is 41.5 Å². The number of nitrogens with zero attached hydrogens (tertiary/aromatic N) is 1. The van der Waals surface area contributed by atoms with Crippen molar-refractivity contribution in [2.45, 2.75) is 43.6 Å². The lowest BCUT2D eigenvalue weighted by Crippen LogP contribution is -2.50. The summed E-state index contributed by atoms with van der Waals surface area (Å²) >= 11 is 5.59. The molecule has 2 heterocycles. The van der Waals surface area contributed by atoms with Crippen molar-refractivity contribution in [1.29, 1.82) is 0 Å². The lowest BCUT2D eigenvalue weighted by molar-refractivity contribution is -0.155. The standard InChI is InChI=1S/C15H18ClF5N2.C4H6N2O2/c1-22-14(9-5-6-10(17)12(16)13(9)18)11-4-2-3-7-23(11)8-15(19,20)21;7-2-3-1-5-4(8)6-3/h5-6,11,14,22H,2-4,7-8H2,1H3;2-3H,1H2,(H2,5,6,8). The van der Waals surface area contributed by atoms with Crippen molar-refractivity contribution < 1.29 is 31.5 Å². The Kier molecular flexibility index (Phi) is 9.01. The molecule has 3 N–H and O–H groups in total. The monoisotopic (exact) mass is 470 g/mol. The number of hydrogen-bond acceptors (Lipinski definition) is 4. The summed E-state index contributed by atoms with van der Waals surface area (Å²) < 4.78 is 65.9. The third-order valence-electron chi connectivity index (χ3n) is 5.11. The molecule has 31 heavy (non-hydrogen) atoms. The smallest absolute Gasteiger partial charge is 0.336 e. The average Bonchev–Trinajstić information content (AvgIpc) is 3.14. The molecule has 0 aromatic heterocycles. The Morgan fingerprint density at radius 3 is 2.55 bits per heavy atom. The molecule has 2 saturated heterocycles. The second-order valence-electron chi connectivity index (χ2n) is 7.28. The van der Waals surface area contributed by atoms with Crippen LogP contribution in [-0.4, -0.2) is 62.2 Å². The third-order valence-corrected chi connectivity index (χ3v) is 5.45. The first kappa shape index (κ1) is 25.3. The number of nitrogens with one attached hydrogen (secondary N) is 3. The maximum absolute atomic E-state index is 14.3. The van der Waals surface area contributed by atoms with Crippen LogP contribution in [0.5, 0.6) is 0 Å². The summed E-state index contributed by atoms with van der Waals surface area (Å²) in [5.41, 5.74) is 0.0815. The molecule has 0 bridgehead atoms. The molecular formula is C19H24ClF5N4O2. The molecule has 2 aliphatic rings. The van der Waals surface area contributed by atoms with Gasteiger partial charge >= 0.3 is 12.2 Å². The predicted octanol–water partition coefficient (Wildman–Crippen LogP) is 3.16. The maximum Gasteiger partial charge on any atom is 0.401 e. The molecule has 1 aromatic rings. The van der Waals surface area contributed by atoms with Crippen LogP contribution in [0.3, 0.4) is 0 Å². The van der Waals surface area contributed by atoms with E-state index in [-0.39, 0.29) is 17.6 Å². The Labute approximate surface area is 181 Å². The Morgan fingerprint density at radius 1 is 1.32 bits per heavy atom. The topological polar surface area (TPSA) is 73.5 Å². The van der Waals surface area contributed by atoms with Gasteiger partial charge in [0.15, 0.2) is 0 Å². The van der Waals surface area contributed by atoms with Crippen LogP contribution in [0.25, 0.3) is 0 Å². The van der Waals surface area contributed by atoms with Gasteiger partial charge in [0.25, 0.3) is 0 Å². The molecule has 2 aliphatic heterocycles. The van der Waals surface area contributed by atoms with Crippen molar-refractivity contribution in [2.24, 2.45) is 0 Å². The highest BCUT2D eigenvalue weighted by Crippen LogP contribution is 2.34. The van der Waals surface area contributed by atoms with E-state index >= 15 is 0 Å². The summed E-state index contributed by atoms with van der Waals surface area (Å²) in [5.74, 6) is -1.82. The number of rotatable bonds is 5. The van der Waals surface area contributed by atoms with Gasteiger partial charge in [0.1, 0.15) is 29.0 Å². The van der Waals surface area contributed by atoms with Crippen LogP contribution < -0.4 is 16.0 Å².